The molecule has 0 amide bonds. The summed E-state index contributed by atoms with van der Waals surface area (Å²) in [4.78, 5) is 11.3. The Morgan fingerprint density at radius 1 is 1.04 bits per heavy atom. The van der Waals surface area contributed by atoms with E-state index in [0.717, 1.165) is 11.5 Å². The fourth-order valence-electron chi connectivity index (χ4n) is 3.42. The standard InChI is InChI=1S/C19H18IN4/c1-14-8-6-7-11-17(14)23-15(2)24(20,16-9-4-3-5-10-16)18-12-21-13-22-19(18)23/h3-13,15H,1-2H3/q+1/t15-,24?/m1/s1. The Morgan fingerprint density at radius 3 is 2.50 bits per heavy atom. The van der Waals surface area contributed by atoms with Crippen molar-refractivity contribution in [2.75, 3.05) is 4.90 Å². The van der Waals surface area contributed by atoms with Crippen LogP contribution >= 0.6 is 22.9 Å². The van der Waals surface area contributed by atoms with Gasteiger partial charge in [0, 0.05) is 19.1 Å². The summed E-state index contributed by atoms with van der Waals surface area (Å²) in [7, 11) is 0. The molecule has 4 rings (SSSR count). The van der Waals surface area contributed by atoms with Gasteiger partial charge in [0.1, 0.15) is 12.0 Å². The Kier molecular flexibility index (Phi) is 3.77. The third kappa shape index (κ3) is 2.15. The van der Waals surface area contributed by atoms with Gasteiger partial charge in [0.05, 0.1) is 11.9 Å². The molecule has 120 valence electrons. The second-order valence-electron chi connectivity index (χ2n) is 5.99. The van der Waals surface area contributed by atoms with E-state index < -0.39 is 0 Å². The Bertz CT molecular complexity index is 883. The van der Waals surface area contributed by atoms with Crippen LogP contribution in [0.4, 0.5) is 22.9 Å². The van der Waals surface area contributed by atoms with Crippen molar-refractivity contribution < 1.29 is 0 Å². The van der Waals surface area contributed by atoms with Gasteiger partial charge in [-0.1, -0.05) is 36.4 Å². The zero-order chi connectivity index (χ0) is 16.7. The summed E-state index contributed by atoms with van der Waals surface area (Å²) in [6.45, 7) is 4.39. The molecule has 0 radical (unpaired) electrons. The summed E-state index contributed by atoms with van der Waals surface area (Å²) < 4.78 is 0.628. The zero-order valence-corrected chi connectivity index (χ0v) is 15.8. The molecular formula is C19H18IN4+. The molecule has 1 unspecified atom stereocenters. The van der Waals surface area contributed by atoms with E-state index in [1.807, 2.05) is 6.20 Å². The highest BCUT2D eigenvalue weighted by atomic mass is 127. The van der Waals surface area contributed by atoms with Crippen LogP contribution in [0.3, 0.4) is 0 Å². The Hall–Kier alpha value is -1.99. The molecule has 0 spiro atoms. The molecule has 24 heavy (non-hydrogen) atoms. The molecule has 1 aliphatic rings. The molecule has 0 saturated heterocycles. The van der Waals surface area contributed by atoms with Gasteiger partial charge in [-0.25, -0.2) is 9.97 Å². The molecule has 0 saturated carbocycles. The van der Waals surface area contributed by atoms with Gasteiger partial charge in [0.25, 0.3) is 22.9 Å². The van der Waals surface area contributed by atoms with E-state index in [9.17, 15) is 0 Å². The summed E-state index contributed by atoms with van der Waals surface area (Å²) >= 11 is 2.52. The first kappa shape index (κ1) is 15.5. The number of anilines is 2. The molecule has 1 aromatic heterocycles. The Balaban J connectivity index is 1.96. The molecular weight excluding hydrogens is 411 g/mol. The van der Waals surface area contributed by atoms with E-state index in [1.54, 1.807) is 6.33 Å². The zero-order valence-electron chi connectivity index (χ0n) is 13.6. The van der Waals surface area contributed by atoms with Crippen molar-refractivity contribution in [3.8, 4) is 0 Å². The van der Waals surface area contributed by atoms with Crippen molar-refractivity contribution in [1.82, 2.24) is 12.7 Å². The molecule has 0 N–H and O–H groups in total. The number of fused-ring (bicyclic) bond motifs is 1. The van der Waals surface area contributed by atoms with Crippen LogP contribution < -0.4 is 7.60 Å². The minimum Gasteiger partial charge on any atom is -0.269 e. The average molecular weight is 429 g/mol. The number of hydrogen-bond acceptors (Lipinski definition) is 3. The van der Waals surface area contributed by atoms with Gasteiger partial charge >= 0.3 is 0 Å². The van der Waals surface area contributed by atoms with Crippen molar-refractivity contribution in [3.05, 3.63) is 72.7 Å². The highest BCUT2D eigenvalue weighted by Crippen LogP contribution is 2.54. The molecule has 0 bridgehead atoms. The number of para-hydroxylation sites is 2. The predicted octanol–water partition coefficient (Wildman–Crippen LogP) is 5.27. The molecule has 1 aliphatic heterocycles. The molecule has 5 heteroatoms. The number of aromatic nitrogens is 2. The van der Waals surface area contributed by atoms with Gasteiger partial charge in [-0.2, -0.15) is 2.70 Å². The first-order chi connectivity index (χ1) is 11.6. The van der Waals surface area contributed by atoms with E-state index >= 15 is 0 Å². The van der Waals surface area contributed by atoms with Crippen molar-refractivity contribution in [2.45, 2.75) is 20.0 Å². The lowest BCUT2D eigenvalue weighted by atomic mass is 10.2. The molecule has 0 aliphatic carbocycles. The number of halogens is 1. The topological polar surface area (TPSA) is 29.0 Å². The predicted molar refractivity (Wildman–Crippen MR) is 107 cm³/mol. The van der Waals surface area contributed by atoms with Crippen LogP contribution in [0.2, 0.25) is 0 Å². The average Bonchev–Trinajstić information content (AvgIpc) is 2.86. The highest BCUT2D eigenvalue weighted by Gasteiger charge is 2.52. The maximum absolute atomic E-state index is 4.62. The Morgan fingerprint density at radius 2 is 1.75 bits per heavy atom. The van der Waals surface area contributed by atoms with E-state index in [0.29, 0.717) is 2.70 Å². The third-order valence-electron chi connectivity index (χ3n) is 4.65. The normalized spacial score (nSPS) is 22.5. The number of nitrogens with zero attached hydrogens (tertiary/aromatic N) is 4. The van der Waals surface area contributed by atoms with Crippen molar-refractivity contribution in [2.24, 2.45) is 0 Å². The van der Waals surface area contributed by atoms with E-state index in [1.165, 1.54) is 16.9 Å². The maximum Gasteiger partial charge on any atom is 0.262 e. The number of hydrogen-bond donors (Lipinski definition) is 0. The molecule has 2 heterocycles. The van der Waals surface area contributed by atoms with E-state index in [-0.39, 0.29) is 6.17 Å². The van der Waals surface area contributed by atoms with Gasteiger partial charge in [-0.05, 0) is 18.6 Å². The lowest BCUT2D eigenvalue weighted by molar-refractivity contribution is 0.543. The molecule has 2 aromatic carbocycles. The first-order valence-electron chi connectivity index (χ1n) is 7.93. The highest BCUT2D eigenvalue weighted by molar-refractivity contribution is 14.1. The Labute approximate surface area is 155 Å². The monoisotopic (exact) mass is 429 g/mol. The van der Waals surface area contributed by atoms with Crippen LogP contribution in [0.5, 0.6) is 0 Å². The largest absolute Gasteiger partial charge is 0.269 e. The van der Waals surface area contributed by atoms with E-state index in [2.05, 4.69) is 106 Å². The minimum atomic E-state index is 0.167. The summed E-state index contributed by atoms with van der Waals surface area (Å²) in [6, 6.07) is 19.0. The number of aryl methyl sites for hydroxylation is 1. The summed E-state index contributed by atoms with van der Waals surface area (Å²) in [5.41, 5.74) is 4.77. The first-order valence-corrected chi connectivity index (χ1v) is 8.90. The van der Waals surface area contributed by atoms with Gasteiger partial charge in [-0.3, -0.25) is 4.90 Å². The van der Waals surface area contributed by atoms with Crippen molar-refractivity contribution >= 4 is 45.7 Å². The molecule has 2 atom stereocenters. The van der Waals surface area contributed by atoms with Gasteiger partial charge in [0.15, 0.2) is 6.17 Å². The van der Waals surface area contributed by atoms with Crippen molar-refractivity contribution in [3.63, 3.8) is 0 Å². The van der Waals surface area contributed by atoms with Crippen LogP contribution in [-0.4, -0.2) is 16.1 Å². The molecule has 0 fully saturated rings. The van der Waals surface area contributed by atoms with Gasteiger partial charge in [-0.15, -0.1) is 0 Å². The third-order valence-corrected chi connectivity index (χ3v) is 6.53. The second-order valence-corrected chi connectivity index (χ2v) is 7.51. The van der Waals surface area contributed by atoms with Crippen LogP contribution in [0.25, 0.3) is 0 Å². The van der Waals surface area contributed by atoms with Crippen molar-refractivity contribution in [1.29, 1.82) is 0 Å². The van der Waals surface area contributed by atoms with Gasteiger partial charge in [0.2, 0.25) is 11.5 Å². The minimum absolute atomic E-state index is 0.167. The number of rotatable bonds is 2. The lowest BCUT2D eigenvalue weighted by Crippen LogP contribution is -2.45. The fourth-order valence-corrected chi connectivity index (χ4v) is 4.33. The maximum atomic E-state index is 4.62. The summed E-state index contributed by atoms with van der Waals surface area (Å²) in [5.74, 6) is 0.977. The van der Waals surface area contributed by atoms with E-state index in [4.69, 9.17) is 0 Å². The van der Waals surface area contributed by atoms with Crippen LogP contribution in [0.15, 0.2) is 67.1 Å². The van der Waals surface area contributed by atoms with Gasteiger partial charge < -0.3 is 0 Å². The molecule has 3 aromatic rings. The molecule has 4 nitrogen and oxygen atoms in total. The SMILES string of the molecule is Cc1ccccc1N1c2ncncc2[N+](I)(c2ccccc2)[C@@H]1C. The van der Waals surface area contributed by atoms with Crippen LogP contribution in [-0.2, 0) is 0 Å². The summed E-state index contributed by atoms with van der Waals surface area (Å²) in [6.07, 6.45) is 3.74. The lowest BCUT2D eigenvalue weighted by Gasteiger charge is -2.33. The smallest absolute Gasteiger partial charge is 0.262 e. The number of quaternary nitrogens is 1. The summed E-state index contributed by atoms with van der Waals surface area (Å²) in [5, 5.41) is 0. The quantitative estimate of drug-likeness (QED) is 0.411. The van der Waals surface area contributed by atoms with Crippen LogP contribution in [0, 0.1) is 6.92 Å². The van der Waals surface area contributed by atoms with Crippen LogP contribution in [0.1, 0.15) is 12.5 Å². The number of benzene rings is 2. The fraction of sp³-hybridized carbons (Fsp3) is 0.158. The second kappa shape index (κ2) is 5.82.